The molecule has 29 heavy (non-hydrogen) atoms. The average molecular weight is 461 g/mol. The van der Waals surface area contributed by atoms with Crippen LogP contribution in [0.4, 0.5) is 0 Å². The first-order valence-electron chi connectivity index (χ1n) is 8.77. The van der Waals surface area contributed by atoms with Gasteiger partial charge in [0, 0.05) is 22.3 Å². The predicted molar refractivity (Wildman–Crippen MR) is 105 cm³/mol. The van der Waals surface area contributed by atoms with Crippen LogP contribution in [0.5, 0.6) is 0 Å². The summed E-state index contributed by atoms with van der Waals surface area (Å²) in [5.74, 6) is -1.45. The molecule has 2 aromatic rings. The van der Waals surface area contributed by atoms with E-state index in [1.807, 2.05) is 0 Å². The minimum absolute atomic E-state index is 0.0418. The summed E-state index contributed by atoms with van der Waals surface area (Å²) in [6, 6.07) is 11.5. The van der Waals surface area contributed by atoms with Gasteiger partial charge in [-0.15, -0.1) is 0 Å². The lowest BCUT2D eigenvalue weighted by Crippen LogP contribution is -2.21. The Hall–Kier alpha value is -2.84. The van der Waals surface area contributed by atoms with Gasteiger partial charge in [0.25, 0.3) is 0 Å². The lowest BCUT2D eigenvalue weighted by Gasteiger charge is -2.18. The Morgan fingerprint density at radius 3 is 2.14 bits per heavy atom. The molecule has 8 heteroatoms. The van der Waals surface area contributed by atoms with Gasteiger partial charge in [-0.25, -0.2) is 4.79 Å². The van der Waals surface area contributed by atoms with Crippen molar-refractivity contribution < 1.29 is 33.4 Å². The SMILES string of the molecule is O=C(CBr)OCCOCC(=O)OCc1ccc2c(c1)C(=O)c1ccccc1C2=O. The van der Waals surface area contributed by atoms with Crippen LogP contribution in [-0.4, -0.2) is 48.7 Å². The molecule has 0 atom stereocenters. The van der Waals surface area contributed by atoms with Gasteiger partial charge in [0.05, 0.1) is 6.61 Å². The number of alkyl halides is 1. The van der Waals surface area contributed by atoms with Crippen LogP contribution in [0.1, 0.15) is 37.4 Å². The summed E-state index contributed by atoms with van der Waals surface area (Å²) in [6.45, 7) is -0.235. The van der Waals surface area contributed by atoms with Crippen LogP contribution in [0.15, 0.2) is 42.5 Å². The number of benzene rings is 2. The second kappa shape index (κ2) is 9.58. The van der Waals surface area contributed by atoms with Gasteiger partial charge in [-0.3, -0.25) is 14.4 Å². The molecule has 0 amide bonds. The van der Waals surface area contributed by atoms with Crippen molar-refractivity contribution in [3.63, 3.8) is 0 Å². The number of hydrogen-bond acceptors (Lipinski definition) is 7. The maximum absolute atomic E-state index is 12.7. The molecule has 7 nitrogen and oxygen atoms in total. The Bertz CT molecular complexity index is 967. The molecule has 150 valence electrons. The Balaban J connectivity index is 1.54. The first-order valence-corrected chi connectivity index (χ1v) is 9.89. The molecule has 1 aliphatic carbocycles. The molecule has 0 radical (unpaired) electrons. The molecule has 0 aromatic heterocycles. The van der Waals surface area contributed by atoms with Gasteiger partial charge < -0.3 is 14.2 Å². The maximum Gasteiger partial charge on any atom is 0.332 e. The van der Waals surface area contributed by atoms with Crippen molar-refractivity contribution in [1.29, 1.82) is 0 Å². The van der Waals surface area contributed by atoms with Crippen molar-refractivity contribution in [2.75, 3.05) is 25.2 Å². The second-order valence-electron chi connectivity index (χ2n) is 6.15. The molecule has 0 aliphatic heterocycles. The van der Waals surface area contributed by atoms with Crippen molar-refractivity contribution in [2.45, 2.75) is 6.61 Å². The normalized spacial score (nSPS) is 12.2. The first-order chi connectivity index (χ1) is 14.0. The fourth-order valence-electron chi connectivity index (χ4n) is 2.85. The molecular weight excluding hydrogens is 444 g/mol. The zero-order chi connectivity index (χ0) is 20.8. The van der Waals surface area contributed by atoms with E-state index in [0.717, 1.165) is 0 Å². The highest BCUT2D eigenvalue weighted by Gasteiger charge is 2.29. The molecule has 3 rings (SSSR count). The fourth-order valence-corrected chi connectivity index (χ4v) is 3.01. The molecule has 0 bridgehead atoms. The van der Waals surface area contributed by atoms with E-state index in [2.05, 4.69) is 15.9 Å². The number of esters is 2. The first kappa shape index (κ1) is 20.9. The highest BCUT2D eigenvalue weighted by molar-refractivity contribution is 9.09. The molecule has 0 fully saturated rings. The van der Waals surface area contributed by atoms with Crippen molar-refractivity contribution in [3.8, 4) is 0 Å². The average Bonchev–Trinajstić information content (AvgIpc) is 2.75. The third-order valence-electron chi connectivity index (χ3n) is 4.21. The summed E-state index contributed by atoms with van der Waals surface area (Å²) in [7, 11) is 0. The number of carbonyl (C=O) groups is 4. The monoisotopic (exact) mass is 460 g/mol. The van der Waals surface area contributed by atoms with Crippen molar-refractivity contribution in [1.82, 2.24) is 0 Å². The third-order valence-corrected chi connectivity index (χ3v) is 4.67. The predicted octanol–water partition coefficient (Wildman–Crippen LogP) is 2.46. The number of hydrogen-bond donors (Lipinski definition) is 0. The van der Waals surface area contributed by atoms with E-state index < -0.39 is 11.9 Å². The van der Waals surface area contributed by atoms with E-state index in [-0.39, 0.29) is 43.3 Å². The molecule has 0 unspecified atom stereocenters. The van der Waals surface area contributed by atoms with E-state index in [9.17, 15) is 19.2 Å². The number of fused-ring (bicyclic) bond motifs is 2. The van der Waals surface area contributed by atoms with Crippen LogP contribution in [0.25, 0.3) is 0 Å². The Morgan fingerprint density at radius 1 is 0.793 bits per heavy atom. The minimum Gasteiger partial charge on any atom is -0.463 e. The zero-order valence-electron chi connectivity index (χ0n) is 15.3. The van der Waals surface area contributed by atoms with Crippen LogP contribution in [0.2, 0.25) is 0 Å². The highest BCUT2D eigenvalue weighted by atomic mass is 79.9. The lowest BCUT2D eigenvalue weighted by atomic mass is 9.83. The van der Waals surface area contributed by atoms with E-state index in [1.54, 1.807) is 42.5 Å². The molecule has 0 heterocycles. The van der Waals surface area contributed by atoms with Gasteiger partial charge in [0.1, 0.15) is 25.2 Å². The van der Waals surface area contributed by atoms with Gasteiger partial charge in [-0.05, 0) is 17.7 Å². The quantitative estimate of drug-likeness (QED) is 0.289. The highest BCUT2D eigenvalue weighted by Crippen LogP contribution is 2.28. The molecule has 0 saturated carbocycles. The van der Waals surface area contributed by atoms with Crippen molar-refractivity contribution in [3.05, 3.63) is 70.3 Å². The summed E-state index contributed by atoms with van der Waals surface area (Å²) >= 11 is 2.96. The van der Waals surface area contributed by atoms with Gasteiger partial charge in [0.15, 0.2) is 11.6 Å². The molecule has 1 aliphatic rings. The van der Waals surface area contributed by atoms with Gasteiger partial charge in [-0.1, -0.05) is 46.3 Å². The summed E-state index contributed by atoms with van der Waals surface area (Å²) in [6.07, 6.45) is 0. The van der Waals surface area contributed by atoms with Crippen LogP contribution in [0, 0.1) is 0 Å². The summed E-state index contributed by atoms with van der Waals surface area (Å²) in [5.41, 5.74) is 1.98. The van der Waals surface area contributed by atoms with Gasteiger partial charge >= 0.3 is 11.9 Å². The molecule has 2 aromatic carbocycles. The van der Waals surface area contributed by atoms with Gasteiger partial charge in [-0.2, -0.15) is 0 Å². The number of ether oxygens (including phenoxy) is 3. The second-order valence-corrected chi connectivity index (χ2v) is 6.71. The van der Waals surface area contributed by atoms with E-state index in [4.69, 9.17) is 14.2 Å². The van der Waals surface area contributed by atoms with Crippen LogP contribution < -0.4 is 0 Å². The van der Waals surface area contributed by atoms with Crippen LogP contribution >= 0.6 is 15.9 Å². The Morgan fingerprint density at radius 2 is 1.45 bits per heavy atom. The maximum atomic E-state index is 12.7. The van der Waals surface area contributed by atoms with Crippen LogP contribution in [0.3, 0.4) is 0 Å². The summed E-state index contributed by atoms with van der Waals surface area (Å²) < 4.78 is 15.0. The lowest BCUT2D eigenvalue weighted by molar-refractivity contribution is -0.151. The minimum atomic E-state index is -0.595. The zero-order valence-corrected chi connectivity index (χ0v) is 16.9. The number of ketones is 2. The number of carbonyl (C=O) groups excluding carboxylic acids is 4. The van der Waals surface area contributed by atoms with Crippen LogP contribution in [-0.2, 0) is 30.4 Å². The fraction of sp³-hybridized carbons (Fsp3) is 0.238. The molecule has 0 saturated heterocycles. The topological polar surface area (TPSA) is 96.0 Å². The van der Waals surface area contributed by atoms with E-state index in [1.165, 1.54) is 0 Å². The number of halogens is 1. The summed E-state index contributed by atoms with van der Waals surface area (Å²) in [4.78, 5) is 47.9. The summed E-state index contributed by atoms with van der Waals surface area (Å²) in [5, 5.41) is 0.0928. The standard InChI is InChI=1S/C21H17BrO7/c22-10-18(23)28-8-7-27-12-19(24)29-11-13-5-6-16-17(9-13)21(26)15-4-2-1-3-14(15)20(16)25/h1-6,9H,7-8,10-12H2. The van der Waals surface area contributed by atoms with E-state index in [0.29, 0.717) is 27.8 Å². The molecule has 0 N–H and O–H groups in total. The third kappa shape index (κ3) is 4.96. The Labute approximate surface area is 175 Å². The smallest absolute Gasteiger partial charge is 0.332 e. The van der Waals surface area contributed by atoms with Crippen molar-refractivity contribution in [2.24, 2.45) is 0 Å². The molecule has 0 spiro atoms. The van der Waals surface area contributed by atoms with Crippen molar-refractivity contribution >= 4 is 39.4 Å². The largest absolute Gasteiger partial charge is 0.463 e. The number of rotatable bonds is 8. The van der Waals surface area contributed by atoms with Gasteiger partial charge in [0.2, 0.25) is 0 Å². The Kier molecular flexibility index (Phi) is 6.90. The molecular formula is C21H17BrO7. The van der Waals surface area contributed by atoms with E-state index >= 15 is 0 Å².